The molecule has 3 nitrogen and oxygen atoms in total. The number of hydrogen-bond donors (Lipinski definition) is 2. The molecule has 5 heteroatoms. The molecule has 3 aromatic rings. The molecular weight excluding hydrogens is 352 g/mol. The number of hydrogen-bond acceptors (Lipinski definition) is 3. The summed E-state index contributed by atoms with van der Waals surface area (Å²) in [7, 11) is 0. The maximum absolute atomic E-state index is 12.3. The first-order valence-corrected chi connectivity index (χ1v) is 9.11. The minimum Gasteiger partial charge on any atom is -0.398 e. The Morgan fingerprint density at radius 2 is 1.64 bits per heavy atom. The average molecular weight is 369 g/mol. The van der Waals surface area contributed by atoms with Gasteiger partial charge in [0.2, 0.25) is 0 Å². The van der Waals surface area contributed by atoms with Gasteiger partial charge in [-0.25, -0.2) is 0 Å². The van der Waals surface area contributed by atoms with E-state index in [1.54, 1.807) is 36.0 Å². The molecule has 0 aromatic heterocycles. The van der Waals surface area contributed by atoms with Crippen LogP contribution in [-0.2, 0) is 5.75 Å². The highest BCUT2D eigenvalue weighted by atomic mass is 35.5. The molecule has 0 atom stereocenters. The van der Waals surface area contributed by atoms with Gasteiger partial charge in [-0.1, -0.05) is 35.9 Å². The fourth-order valence-corrected chi connectivity index (χ4v) is 3.31. The van der Waals surface area contributed by atoms with Gasteiger partial charge in [0.25, 0.3) is 5.91 Å². The van der Waals surface area contributed by atoms with E-state index in [9.17, 15) is 4.79 Å². The number of benzene rings is 3. The van der Waals surface area contributed by atoms with Crippen molar-refractivity contribution >= 4 is 40.6 Å². The van der Waals surface area contributed by atoms with Crippen LogP contribution in [0.3, 0.4) is 0 Å². The summed E-state index contributed by atoms with van der Waals surface area (Å²) in [5.74, 6) is 0.654. The zero-order valence-corrected chi connectivity index (χ0v) is 15.0. The normalized spacial score (nSPS) is 10.4. The molecule has 0 fully saturated rings. The Balaban J connectivity index is 1.60. The first-order chi connectivity index (χ1) is 12.1. The van der Waals surface area contributed by atoms with E-state index in [0.717, 1.165) is 21.9 Å². The van der Waals surface area contributed by atoms with E-state index in [4.69, 9.17) is 17.3 Å². The minimum atomic E-state index is -0.145. The number of carbonyl (C=O) groups is 1. The molecule has 0 heterocycles. The van der Waals surface area contributed by atoms with Gasteiger partial charge in [-0.3, -0.25) is 4.79 Å². The van der Waals surface area contributed by atoms with Gasteiger partial charge in [0.05, 0.1) is 0 Å². The fraction of sp³-hybridized carbons (Fsp3) is 0.0500. The Hall–Kier alpha value is -2.43. The Bertz CT molecular complexity index is 864. The number of carbonyl (C=O) groups excluding carboxylic acids is 1. The van der Waals surface area contributed by atoms with Gasteiger partial charge in [0.15, 0.2) is 0 Å². The van der Waals surface area contributed by atoms with Crippen molar-refractivity contribution in [1.82, 2.24) is 0 Å². The first kappa shape index (κ1) is 17.4. The van der Waals surface area contributed by atoms with Crippen molar-refractivity contribution in [1.29, 1.82) is 0 Å². The van der Waals surface area contributed by atoms with Gasteiger partial charge in [0.1, 0.15) is 0 Å². The van der Waals surface area contributed by atoms with Crippen LogP contribution in [0.1, 0.15) is 15.9 Å². The van der Waals surface area contributed by atoms with Crippen LogP contribution in [0.5, 0.6) is 0 Å². The lowest BCUT2D eigenvalue weighted by atomic mass is 10.1. The van der Waals surface area contributed by atoms with Crippen molar-refractivity contribution in [2.24, 2.45) is 0 Å². The molecule has 25 heavy (non-hydrogen) atoms. The molecule has 0 aliphatic heterocycles. The van der Waals surface area contributed by atoms with Crippen LogP contribution >= 0.6 is 23.4 Å². The second-order valence-electron chi connectivity index (χ2n) is 5.48. The summed E-state index contributed by atoms with van der Waals surface area (Å²) in [4.78, 5) is 13.3. The smallest absolute Gasteiger partial charge is 0.255 e. The summed E-state index contributed by atoms with van der Waals surface area (Å²) in [6.45, 7) is 0. The van der Waals surface area contributed by atoms with Crippen LogP contribution in [0, 0.1) is 0 Å². The molecule has 0 aliphatic carbocycles. The van der Waals surface area contributed by atoms with Crippen molar-refractivity contribution in [3.63, 3.8) is 0 Å². The third-order valence-electron chi connectivity index (χ3n) is 3.63. The molecule has 3 rings (SSSR count). The Kier molecular flexibility index (Phi) is 5.64. The van der Waals surface area contributed by atoms with E-state index >= 15 is 0 Å². The summed E-state index contributed by atoms with van der Waals surface area (Å²) < 4.78 is 0. The number of amides is 1. The molecular formula is C20H17ClN2OS. The molecule has 0 unspecified atom stereocenters. The summed E-state index contributed by atoms with van der Waals surface area (Å²) in [5, 5.41) is 3.49. The predicted molar refractivity (Wildman–Crippen MR) is 106 cm³/mol. The Labute approximate surface area is 156 Å². The highest BCUT2D eigenvalue weighted by Crippen LogP contribution is 2.27. The van der Waals surface area contributed by atoms with Crippen LogP contribution in [0.15, 0.2) is 77.7 Å². The molecule has 0 bridgehead atoms. The topological polar surface area (TPSA) is 55.1 Å². The quantitative estimate of drug-likeness (QED) is 0.464. The van der Waals surface area contributed by atoms with Gasteiger partial charge >= 0.3 is 0 Å². The van der Waals surface area contributed by atoms with Crippen LogP contribution < -0.4 is 11.1 Å². The number of nitrogen functional groups attached to an aromatic ring is 1. The maximum atomic E-state index is 12.3. The number of thioether (sulfide) groups is 1. The lowest BCUT2D eigenvalue weighted by molar-refractivity contribution is 0.102. The van der Waals surface area contributed by atoms with Crippen molar-refractivity contribution in [3.05, 3.63) is 88.9 Å². The van der Waals surface area contributed by atoms with Crippen LogP contribution in [0.4, 0.5) is 11.4 Å². The van der Waals surface area contributed by atoms with Gasteiger partial charge in [-0.15, -0.1) is 11.8 Å². The lowest BCUT2D eigenvalue weighted by Crippen LogP contribution is -2.11. The summed E-state index contributed by atoms with van der Waals surface area (Å²) in [5.41, 5.74) is 9.20. The summed E-state index contributed by atoms with van der Waals surface area (Å²) in [6.07, 6.45) is 0. The van der Waals surface area contributed by atoms with E-state index in [-0.39, 0.29) is 5.91 Å². The molecule has 0 radical (unpaired) electrons. The Morgan fingerprint density at radius 1 is 0.960 bits per heavy atom. The molecule has 3 aromatic carbocycles. The summed E-state index contributed by atoms with van der Waals surface area (Å²) in [6, 6.07) is 22.4. The van der Waals surface area contributed by atoms with E-state index in [1.165, 1.54) is 0 Å². The molecule has 126 valence electrons. The molecule has 0 saturated heterocycles. The van der Waals surface area contributed by atoms with E-state index in [0.29, 0.717) is 16.3 Å². The number of para-hydroxylation sites is 1. The minimum absolute atomic E-state index is 0.145. The number of nitrogens with one attached hydrogen (secondary N) is 1. The van der Waals surface area contributed by atoms with E-state index in [1.807, 2.05) is 48.5 Å². The van der Waals surface area contributed by atoms with Gasteiger partial charge < -0.3 is 11.1 Å². The highest BCUT2D eigenvalue weighted by Gasteiger charge is 2.06. The zero-order valence-electron chi connectivity index (χ0n) is 13.4. The number of halogens is 1. The van der Waals surface area contributed by atoms with E-state index < -0.39 is 0 Å². The highest BCUT2D eigenvalue weighted by molar-refractivity contribution is 7.98. The largest absolute Gasteiger partial charge is 0.398 e. The van der Waals surface area contributed by atoms with Crippen molar-refractivity contribution < 1.29 is 4.79 Å². The standard InChI is InChI=1S/C20H17ClN2OS/c21-16-9-11-17(12-10-16)23-20(24)15-7-5-14(6-8-15)13-25-19-4-2-1-3-18(19)22/h1-12H,13,22H2,(H,23,24). The molecule has 0 spiro atoms. The average Bonchev–Trinajstić information content (AvgIpc) is 2.63. The van der Waals surface area contributed by atoms with Crippen molar-refractivity contribution in [2.45, 2.75) is 10.6 Å². The Morgan fingerprint density at radius 3 is 2.32 bits per heavy atom. The van der Waals surface area contributed by atoms with Crippen LogP contribution in [0.25, 0.3) is 0 Å². The zero-order chi connectivity index (χ0) is 17.6. The van der Waals surface area contributed by atoms with Gasteiger partial charge in [0, 0.05) is 32.6 Å². The third kappa shape index (κ3) is 4.78. The molecule has 0 saturated carbocycles. The molecule has 3 N–H and O–H groups in total. The van der Waals surface area contributed by atoms with Gasteiger partial charge in [-0.2, -0.15) is 0 Å². The fourth-order valence-electron chi connectivity index (χ4n) is 2.26. The molecule has 1 amide bonds. The first-order valence-electron chi connectivity index (χ1n) is 7.75. The second kappa shape index (κ2) is 8.10. The molecule has 0 aliphatic rings. The van der Waals surface area contributed by atoms with Crippen LogP contribution in [-0.4, -0.2) is 5.91 Å². The number of anilines is 2. The predicted octanol–water partition coefficient (Wildman–Crippen LogP) is 5.47. The second-order valence-corrected chi connectivity index (χ2v) is 6.94. The van der Waals surface area contributed by atoms with Crippen LogP contribution in [0.2, 0.25) is 5.02 Å². The third-order valence-corrected chi connectivity index (χ3v) is 5.04. The van der Waals surface area contributed by atoms with Gasteiger partial charge in [-0.05, 0) is 54.1 Å². The monoisotopic (exact) mass is 368 g/mol. The van der Waals surface area contributed by atoms with E-state index in [2.05, 4.69) is 5.32 Å². The van der Waals surface area contributed by atoms with Crippen molar-refractivity contribution in [2.75, 3.05) is 11.1 Å². The number of nitrogens with two attached hydrogens (primary N) is 1. The SMILES string of the molecule is Nc1ccccc1SCc1ccc(C(=O)Nc2ccc(Cl)cc2)cc1. The lowest BCUT2D eigenvalue weighted by Gasteiger charge is -2.07. The summed E-state index contributed by atoms with van der Waals surface area (Å²) >= 11 is 7.52. The van der Waals surface area contributed by atoms with Crippen molar-refractivity contribution in [3.8, 4) is 0 Å². The number of rotatable bonds is 5. The maximum Gasteiger partial charge on any atom is 0.255 e.